The van der Waals surface area contributed by atoms with E-state index in [1.165, 1.54) is 7.11 Å². The lowest BCUT2D eigenvalue weighted by molar-refractivity contribution is -0.695. The SMILES string of the molecule is COC(=O)c1ccc(CO[NH3+])cc1.[Cl-]. The first kappa shape index (κ1) is 12.9. The van der Waals surface area contributed by atoms with Crippen molar-refractivity contribution < 1.29 is 32.7 Å². The smallest absolute Gasteiger partial charge is 0.337 e. The number of quaternary nitrogens is 1. The van der Waals surface area contributed by atoms with E-state index < -0.39 is 0 Å². The van der Waals surface area contributed by atoms with E-state index >= 15 is 0 Å². The van der Waals surface area contributed by atoms with Crippen molar-refractivity contribution in [2.45, 2.75) is 6.61 Å². The highest BCUT2D eigenvalue weighted by Crippen LogP contribution is 2.05. The number of hydrogen-bond acceptors (Lipinski definition) is 3. The van der Waals surface area contributed by atoms with Gasteiger partial charge in [0, 0.05) is 0 Å². The van der Waals surface area contributed by atoms with Gasteiger partial charge in [0.1, 0.15) is 6.61 Å². The van der Waals surface area contributed by atoms with Crippen LogP contribution in [0.4, 0.5) is 0 Å². The Labute approximate surface area is 88.4 Å². The molecule has 0 aromatic heterocycles. The van der Waals surface area contributed by atoms with Crippen LogP contribution in [-0.2, 0) is 16.2 Å². The normalized spacial score (nSPS) is 9.00. The van der Waals surface area contributed by atoms with E-state index in [-0.39, 0.29) is 18.4 Å². The van der Waals surface area contributed by atoms with Crippen LogP contribution in [0.1, 0.15) is 15.9 Å². The fourth-order valence-corrected chi connectivity index (χ4v) is 0.973. The number of rotatable bonds is 3. The minimum atomic E-state index is -0.331. The number of carbonyl (C=O) groups is 1. The molecular weight excluding hydrogens is 206 g/mol. The number of methoxy groups -OCH3 is 1. The number of benzene rings is 1. The van der Waals surface area contributed by atoms with Gasteiger partial charge in [0.2, 0.25) is 0 Å². The van der Waals surface area contributed by atoms with Gasteiger partial charge in [-0.05, 0) is 17.7 Å². The summed E-state index contributed by atoms with van der Waals surface area (Å²) < 4.78 is 4.55. The zero-order valence-corrected chi connectivity index (χ0v) is 8.58. The molecule has 0 amide bonds. The maximum Gasteiger partial charge on any atom is 0.337 e. The first-order valence-corrected chi connectivity index (χ1v) is 3.82. The fourth-order valence-electron chi connectivity index (χ4n) is 0.973. The molecule has 0 fully saturated rings. The summed E-state index contributed by atoms with van der Waals surface area (Å²) in [5, 5.41) is 0. The number of esters is 1. The standard InChI is InChI=1S/C9H12NO3.ClH/c1-12-9(11)8-4-2-7(3-5-8)6-13-10;/h2-5H,6H2,1,10H3;1H/q+1;/p-1. The van der Waals surface area contributed by atoms with Gasteiger partial charge in [0.15, 0.2) is 0 Å². The van der Waals surface area contributed by atoms with Crippen LogP contribution in [0.2, 0.25) is 0 Å². The predicted molar refractivity (Wildman–Crippen MR) is 45.5 cm³/mol. The Morgan fingerprint density at radius 3 is 2.36 bits per heavy atom. The maximum absolute atomic E-state index is 11.0. The fraction of sp³-hybridized carbons (Fsp3) is 0.222. The van der Waals surface area contributed by atoms with Crippen molar-refractivity contribution in [2.24, 2.45) is 0 Å². The number of hydrogen-bond donors (Lipinski definition) is 1. The van der Waals surface area contributed by atoms with E-state index in [9.17, 15) is 4.79 Å². The van der Waals surface area contributed by atoms with E-state index in [1.807, 2.05) is 0 Å². The second-order valence-corrected chi connectivity index (χ2v) is 2.54. The van der Waals surface area contributed by atoms with Crippen LogP contribution in [0.15, 0.2) is 24.3 Å². The molecule has 0 radical (unpaired) electrons. The molecule has 0 bridgehead atoms. The average Bonchev–Trinajstić information content (AvgIpc) is 2.18. The van der Waals surface area contributed by atoms with Crippen LogP contribution in [0.25, 0.3) is 0 Å². The largest absolute Gasteiger partial charge is 1.00 e. The van der Waals surface area contributed by atoms with Crippen molar-refractivity contribution in [1.82, 2.24) is 0 Å². The summed E-state index contributed by atoms with van der Waals surface area (Å²) in [6.45, 7) is 0.446. The topological polar surface area (TPSA) is 63.2 Å². The Balaban J connectivity index is 0.00000169. The summed E-state index contributed by atoms with van der Waals surface area (Å²) in [5.74, 6) is 2.93. The third-order valence-corrected chi connectivity index (χ3v) is 1.64. The minimum Gasteiger partial charge on any atom is -1.00 e. The van der Waals surface area contributed by atoms with Gasteiger partial charge in [0.05, 0.1) is 12.7 Å². The van der Waals surface area contributed by atoms with Crippen molar-refractivity contribution in [3.05, 3.63) is 35.4 Å². The first-order chi connectivity index (χ1) is 6.27. The lowest BCUT2D eigenvalue weighted by Crippen LogP contribution is -3.00. The van der Waals surface area contributed by atoms with Gasteiger partial charge in [-0.1, -0.05) is 12.1 Å². The molecule has 0 aliphatic heterocycles. The highest BCUT2D eigenvalue weighted by atomic mass is 35.5. The van der Waals surface area contributed by atoms with Gasteiger partial charge in [0.25, 0.3) is 0 Å². The van der Waals surface area contributed by atoms with Crippen LogP contribution in [-0.4, -0.2) is 13.1 Å². The molecule has 0 saturated heterocycles. The third kappa shape index (κ3) is 3.33. The predicted octanol–water partition coefficient (Wildman–Crippen LogP) is -2.85. The summed E-state index contributed by atoms with van der Waals surface area (Å²) in [5.41, 5.74) is 1.51. The van der Waals surface area contributed by atoms with E-state index in [2.05, 4.69) is 15.5 Å². The zero-order valence-electron chi connectivity index (χ0n) is 7.83. The van der Waals surface area contributed by atoms with Crippen LogP contribution in [0, 0.1) is 0 Å². The molecule has 0 heterocycles. The van der Waals surface area contributed by atoms with Gasteiger partial charge >= 0.3 is 5.97 Å². The molecule has 0 saturated carbocycles. The molecule has 1 rings (SSSR count). The number of carbonyl (C=O) groups excluding carboxylic acids is 1. The molecule has 0 unspecified atom stereocenters. The molecule has 0 aliphatic rings. The summed E-state index contributed by atoms with van der Waals surface area (Å²) >= 11 is 0. The lowest BCUT2D eigenvalue weighted by Gasteiger charge is -2.00. The highest BCUT2D eigenvalue weighted by Gasteiger charge is 2.03. The van der Waals surface area contributed by atoms with E-state index in [4.69, 9.17) is 0 Å². The molecule has 1 aromatic rings. The highest BCUT2D eigenvalue weighted by molar-refractivity contribution is 5.89. The summed E-state index contributed by atoms with van der Waals surface area (Å²) in [6, 6.07) is 7.00. The van der Waals surface area contributed by atoms with Gasteiger partial charge in [-0.2, -0.15) is 0 Å². The molecule has 5 heteroatoms. The Morgan fingerprint density at radius 2 is 1.93 bits per heavy atom. The Morgan fingerprint density at radius 1 is 1.36 bits per heavy atom. The van der Waals surface area contributed by atoms with Gasteiger partial charge in [-0.15, -0.1) is 0 Å². The van der Waals surface area contributed by atoms with Crippen LogP contribution >= 0.6 is 0 Å². The van der Waals surface area contributed by atoms with E-state index in [0.29, 0.717) is 12.2 Å². The summed E-state index contributed by atoms with van der Waals surface area (Å²) in [7, 11) is 1.36. The first-order valence-electron chi connectivity index (χ1n) is 3.82. The van der Waals surface area contributed by atoms with Crippen molar-refractivity contribution in [2.75, 3.05) is 7.11 Å². The Bertz CT molecular complexity index is 287. The molecule has 4 nitrogen and oxygen atoms in total. The van der Waals surface area contributed by atoms with Crippen molar-refractivity contribution in [1.29, 1.82) is 0 Å². The molecule has 1 aromatic carbocycles. The lowest BCUT2D eigenvalue weighted by atomic mass is 10.1. The van der Waals surface area contributed by atoms with Crippen molar-refractivity contribution in [3.63, 3.8) is 0 Å². The van der Waals surface area contributed by atoms with Crippen molar-refractivity contribution >= 4 is 5.97 Å². The molecule has 0 atom stereocenters. The number of ether oxygens (including phenoxy) is 1. The quantitative estimate of drug-likeness (QED) is 0.438. The third-order valence-electron chi connectivity index (χ3n) is 1.64. The Kier molecular flexibility index (Phi) is 5.87. The van der Waals surface area contributed by atoms with E-state index in [0.717, 1.165) is 5.56 Å². The molecule has 0 aliphatic carbocycles. The average molecular weight is 218 g/mol. The van der Waals surface area contributed by atoms with E-state index in [1.54, 1.807) is 24.3 Å². The second-order valence-electron chi connectivity index (χ2n) is 2.54. The van der Waals surface area contributed by atoms with Crippen molar-refractivity contribution in [3.8, 4) is 0 Å². The summed E-state index contributed by atoms with van der Waals surface area (Å²) in [4.78, 5) is 15.7. The van der Waals surface area contributed by atoms with Gasteiger partial charge in [-0.25, -0.2) is 15.5 Å². The van der Waals surface area contributed by atoms with Crippen LogP contribution < -0.4 is 18.3 Å². The monoisotopic (exact) mass is 217 g/mol. The molecule has 3 N–H and O–H groups in total. The minimum absolute atomic E-state index is 0. The molecule has 78 valence electrons. The zero-order chi connectivity index (χ0) is 9.68. The van der Waals surface area contributed by atoms with Gasteiger partial charge < -0.3 is 17.1 Å². The van der Waals surface area contributed by atoms with Crippen LogP contribution in [0.3, 0.4) is 0 Å². The maximum atomic E-state index is 11.0. The molecular formula is C9H12ClNO3. The second kappa shape index (κ2) is 6.37. The molecule has 0 spiro atoms. The number of halogens is 1. The van der Waals surface area contributed by atoms with Crippen LogP contribution in [0.5, 0.6) is 0 Å². The van der Waals surface area contributed by atoms with Gasteiger partial charge in [-0.3, -0.25) is 0 Å². The molecule has 14 heavy (non-hydrogen) atoms. The summed E-state index contributed by atoms with van der Waals surface area (Å²) in [6.07, 6.45) is 0. The Hall–Kier alpha value is -1.10.